The number of morpholine rings is 1. The van der Waals surface area contributed by atoms with Gasteiger partial charge in [-0.3, -0.25) is 4.79 Å². The molecule has 6 nitrogen and oxygen atoms in total. The van der Waals surface area contributed by atoms with Crippen molar-refractivity contribution in [3.63, 3.8) is 0 Å². The molecular weight excluding hydrogens is 340 g/mol. The predicted octanol–water partition coefficient (Wildman–Crippen LogP) is 2.86. The molecule has 4 rings (SSSR count). The van der Waals surface area contributed by atoms with Crippen LogP contribution >= 0.6 is 0 Å². The molecule has 0 unspecified atom stereocenters. The van der Waals surface area contributed by atoms with Gasteiger partial charge in [0.2, 0.25) is 5.91 Å². The predicted molar refractivity (Wildman–Crippen MR) is 105 cm³/mol. The number of aryl methyl sites for hydroxylation is 1. The fraction of sp³-hybridized carbons (Fsp3) is 0.762. The SMILES string of the molecule is Cc1nc2c(c(N3C[C@H](C)O[C@@H](C)C3)n1)CN(C(=O)C1CCCCC1)CC2. The largest absolute Gasteiger partial charge is 0.372 e. The van der Waals surface area contributed by atoms with E-state index in [1.54, 1.807) is 0 Å². The molecule has 0 N–H and O–H groups in total. The maximum atomic E-state index is 13.1. The maximum absolute atomic E-state index is 13.1. The summed E-state index contributed by atoms with van der Waals surface area (Å²) in [6, 6.07) is 0. The fourth-order valence-corrected chi connectivity index (χ4v) is 4.93. The van der Waals surface area contributed by atoms with Crippen molar-refractivity contribution in [3.8, 4) is 0 Å². The highest BCUT2D eigenvalue weighted by molar-refractivity contribution is 5.79. The Morgan fingerprint density at radius 3 is 2.48 bits per heavy atom. The molecule has 0 aromatic carbocycles. The maximum Gasteiger partial charge on any atom is 0.225 e. The highest BCUT2D eigenvalue weighted by atomic mass is 16.5. The lowest BCUT2D eigenvalue weighted by molar-refractivity contribution is -0.137. The van der Waals surface area contributed by atoms with Crippen LogP contribution in [0.4, 0.5) is 5.82 Å². The number of carbonyl (C=O) groups is 1. The first-order chi connectivity index (χ1) is 13.0. The molecular formula is C21H32N4O2. The first-order valence-electron chi connectivity index (χ1n) is 10.6. The molecule has 0 spiro atoms. The Kier molecular flexibility index (Phi) is 5.35. The van der Waals surface area contributed by atoms with Crippen molar-refractivity contribution in [2.75, 3.05) is 24.5 Å². The molecule has 1 aromatic heterocycles. The van der Waals surface area contributed by atoms with E-state index in [0.29, 0.717) is 12.5 Å². The summed E-state index contributed by atoms with van der Waals surface area (Å²) in [6.45, 7) is 9.31. The fourth-order valence-electron chi connectivity index (χ4n) is 4.93. The molecule has 27 heavy (non-hydrogen) atoms. The normalized spacial score (nSPS) is 26.8. The van der Waals surface area contributed by atoms with Crippen LogP contribution in [-0.2, 0) is 22.5 Å². The number of aromatic nitrogens is 2. The van der Waals surface area contributed by atoms with Crippen molar-refractivity contribution in [2.24, 2.45) is 5.92 Å². The van der Waals surface area contributed by atoms with Crippen molar-refractivity contribution in [3.05, 3.63) is 17.1 Å². The third-order valence-corrected chi connectivity index (χ3v) is 6.14. The molecule has 1 saturated heterocycles. The van der Waals surface area contributed by atoms with Crippen LogP contribution in [0.2, 0.25) is 0 Å². The molecule has 0 bridgehead atoms. The third kappa shape index (κ3) is 3.96. The van der Waals surface area contributed by atoms with Crippen LogP contribution in [0.1, 0.15) is 63.0 Å². The van der Waals surface area contributed by atoms with Gasteiger partial charge in [-0.2, -0.15) is 0 Å². The summed E-state index contributed by atoms with van der Waals surface area (Å²) < 4.78 is 5.90. The van der Waals surface area contributed by atoms with Crippen LogP contribution in [0.3, 0.4) is 0 Å². The van der Waals surface area contributed by atoms with E-state index in [1.165, 1.54) is 19.3 Å². The van der Waals surface area contributed by atoms with Gasteiger partial charge >= 0.3 is 0 Å². The second-order valence-electron chi connectivity index (χ2n) is 8.53. The van der Waals surface area contributed by atoms with Crippen LogP contribution < -0.4 is 4.90 Å². The summed E-state index contributed by atoms with van der Waals surface area (Å²) in [6.07, 6.45) is 6.97. The summed E-state index contributed by atoms with van der Waals surface area (Å²) >= 11 is 0. The standard InChI is InChI=1S/C21H32N4O2/c1-14-11-25(12-15(2)27-14)20-18-13-24(10-9-19(18)22-16(3)23-20)21(26)17-7-5-4-6-8-17/h14-15,17H,4-13H2,1-3H3/t14-,15-/m0/s1. The highest BCUT2D eigenvalue weighted by Gasteiger charge is 2.33. The second kappa shape index (κ2) is 7.74. The Bertz CT molecular complexity index is 692. The van der Waals surface area contributed by atoms with Crippen molar-refractivity contribution < 1.29 is 9.53 Å². The minimum atomic E-state index is 0.184. The Balaban J connectivity index is 1.59. The average Bonchev–Trinajstić information content (AvgIpc) is 2.66. The van der Waals surface area contributed by atoms with Gasteiger partial charge in [0.05, 0.1) is 24.4 Å². The molecule has 6 heteroatoms. The number of hydrogen-bond acceptors (Lipinski definition) is 5. The Hall–Kier alpha value is -1.69. The van der Waals surface area contributed by atoms with Crippen LogP contribution in [0.15, 0.2) is 0 Å². The smallest absolute Gasteiger partial charge is 0.225 e. The van der Waals surface area contributed by atoms with Crippen molar-refractivity contribution in [1.82, 2.24) is 14.9 Å². The van der Waals surface area contributed by atoms with Crippen molar-refractivity contribution in [1.29, 1.82) is 0 Å². The van der Waals surface area contributed by atoms with E-state index in [1.807, 2.05) is 6.92 Å². The molecule has 1 aromatic rings. The number of fused-ring (bicyclic) bond motifs is 1. The molecule has 1 amide bonds. The summed E-state index contributed by atoms with van der Waals surface area (Å²) in [5.74, 6) is 2.40. The zero-order valence-electron chi connectivity index (χ0n) is 16.9. The van der Waals surface area contributed by atoms with Crippen LogP contribution in [0.5, 0.6) is 0 Å². The van der Waals surface area contributed by atoms with E-state index in [-0.39, 0.29) is 18.1 Å². The molecule has 148 valence electrons. The molecule has 2 fully saturated rings. The van der Waals surface area contributed by atoms with Gasteiger partial charge in [0.15, 0.2) is 0 Å². The quantitative estimate of drug-likeness (QED) is 0.799. The van der Waals surface area contributed by atoms with Gasteiger partial charge < -0.3 is 14.5 Å². The second-order valence-corrected chi connectivity index (χ2v) is 8.53. The van der Waals surface area contributed by atoms with Gasteiger partial charge in [-0.25, -0.2) is 9.97 Å². The van der Waals surface area contributed by atoms with Crippen LogP contribution in [-0.4, -0.2) is 52.6 Å². The minimum absolute atomic E-state index is 0.184. The lowest BCUT2D eigenvalue weighted by Crippen LogP contribution is -2.47. The van der Waals surface area contributed by atoms with E-state index in [4.69, 9.17) is 14.7 Å². The lowest BCUT2D eigenvalue weighted by Gasteiger charge is -2.39. The van der Waals surface area contributed by atoms with E-state index >= 15 is 0 Å². The van der Waals surface area contributed by atoms with E-state index in [0.717, 1.165) is 61.8 Å². The first-order valence-corrected chi connectivity index (χ1v) is 10.6. The van der Waals surface area contributed by atoms with Gasteiger partial charge in [0.1, 0.15) is 11.6 Å². The summed E-state index contributed by atoms with van der Waals surface area (Å²) in [5, 5.41) is 0. The molecule has 3 heterocycles. The number of rotatable bonds is 2. The molecule has 2 atom stereocenters. The van der Waals surface area contributed by atoms with E-state index in [9.17, 15) is 4.79 Å². The molecule has 1 aliphatic carbocycles. The number of ether oxygens (including phenoxy) is 1. The molecule has 3 aliphatic rings. The van der Waals surface area contributed by atoms with E-state index < -0.39 is 0 Å². The van der Waals surface area contributed by atoms with Gasteiger partial charge in [-0.15, -0.1) is 0 Å². The summed E-state index contributed by atoms with van der Waals surface area (Å²) in [4.78, 5) is 27.0. The molecule has 0 radical (unpaired) electrons. The zero-order valence-corrected chi connectivity index (χ0v) is 16.9. The summed E-state index contributed by atoms with van der Waals surface area (Å²) in [7, 11) is 0. The Morgan fingerprint density at radius 2 is 1.78 bits per heavy atom. The van der Waals surface area contributed by atoms with Crippen molar-refractivity contribution >= 4 is 11.7 Å². The first kappa shape index (κ1) is 18.7. The van der Waals surface area contributed by atoms with Gasteiger partial charge in [0.25, 0.3) is 0 Å². The Morgan fingerprint density at radius 1 is 1.07 bits per heavy atom. The van der Waals surface area contributed by atoms with Gasteiger partial charge in [0, 0.05) is 37.5 Å². The van der Waals surface area contributed by atoms with E-state index in [2.05, 4.69) is 23.6 Å². The minimum Gasteiger partial charge on any atom is -0.372 e. The summed E-state index contributed by atoms with van der Waals surface area (Å²) in [5.41, 5.74) is 2.27. The van der Waals surface area contributed by atoms with Crippen LogP contribution in [0, 0.1) is 12.8 Å². The molecule has 2 aliphatic heterocycles. The monoisotopic (exact) mass is 372 g/mol. The topological polar surface area (TPSA) is 58.6 Å². The number of hydrogen-bond donors (Lipinski definition) is 0. The van der Waals surface area contributed by atoms with Crippen molar-refractivity contribution in [2.45, 2.75) is 78.0 Å². The van der Waals surface area contributed by atoms with Gasteiger partial charge in [-0.05, 0) is 33.6 Å². The van der Waals surface area contributed by atoms with Crippen LogP contribution in [0.25, 0.3) is 0 Å². The number of amides is 1. The lowest BCUT2D eigenvalue weighted by atomic mass is 9.87. The van der Waals surface area contributed by atoms with Gasteiger partial charge in [-0.1, -0.05) is 19.3 Å². The number of anilines is 1. The third-order valence-electron chi connectivity index (χ3n) is 6.14. The average molecular weight is 373 g/mol. The highest BCUT2D eigenvalue weighted by Crippen LogP contribution is 2.31. The number of nitrogens with zero attached hydrogens (tertiary/aromatic N) is 4. The molecule has 1 saturated carbocycles. The zero-order chi connectivity index (χ0) is 19.0. The Labute approximate surface area is 162 Å². The number of carbonyl (C=O) groups excluding carboxylic acids is 1.